The molecule has 7 nitrogen and oxygen atoms in total. The standard InChI is InChI=1S/C17H23N5O2/c1-13(10-22-12-18-11-19-22)20-17(23)21-15-7-8-24-16(9-15)14-5-3-2-4-6-14/h2-6,11-13,15-16H,7-10H2,1H3,(H2,20,21,23)/t13-,15+,16+/m1/s1. The Morgan fingerprint density at radius 3 is 3.00 bits per heavy atom. The average molecular weight is 329 g/mol. The number of hydrogen-bond acceptors (Lipinski definition) is 4. The molecule has 1 fully saturated rings. The molecule has 0 saturated carbocycles. The van der Waals surface area contributed by atoms with Gasteiger partial charge in [-0.2, -0.15) is 5.10 Å². The van der Waals surface area contributed by atoms with E-state index in [1.807, 2.05) is 25.1 Å². The Labute approximate surface area is 141 Å². The smallest absolute Gasteiger partial charge is 0.315 e. The molecule has 1 saturated heterocycles. The summed E-state index contributed by atoms with van der Waals surface area (Å²) in [5.41, 5.74) is 1.16. The fourth-order valence-corrected chi connectivity index (χ4v) is 2.93. The summed E-state index contributed by atoms with van der Waals surface area (Å²) in [5, 5.41) is 10.0. The van der Waals surface area contributed by atoms with E-state index in [1.54, 1.807) is 11.0 Å². The van der Waals surface area contributed by atoms with Crippen molar-refractivity contribution in [3.05, 3.63) is 48.5 Å². The van der Waals surface area contributed by atoms with Gasteiger partial charge < -0.3 is 15.4 Å². The Bertz CT molecular complexity index is 632. The molecule has 2 N–H and O–H groups in total. The van der Waals surface area contributed by atoms with Gasteiger partial charge in [-0.3, -0.25) is 4.68 Å². The van der Waals surface area contributed by atoms with Crippen molar-refractivity contribution in [2.24, 2.45) is 0 Å². The van der Waals surface area contributed by atoms with Gasteiger partial charge in [0.15, 0.2) is 0 Å². The Hall–Kier alpha value is -2.41. The number of hydrogen-bond donors (Lipinski definition) is 2. The largest absolute Gasteiger partial charge is 0.373 e. The van der Waals surface area contributed by atoms with Crippen LogP contribution in [0.25, 0.3) is 0 Å². The van der Waals surface area contributed by atoms with Crippen molar-refractivity contribution in [1.29, 1.82) is 0 Å². The fraction of sp³-hybridized carbons (Fsp3) is 0.471. The highest BCUT2D eigenvalue weighted by Gasteiger charge is 2.25. The van der Waals surface area contributed by atoms with Crippen LogP contribution in [0.2, 0.25) is 0 Å². The van der Waals surface area contributed by atoms with E-state index < -0.39 is 0 Å². The number of benzene rings is 1. The second-order valence-corrected chi connectivity index (χ2v) is 6.13. The van der Waals surface area contributed by atoms with Crippen LogP contribution in [-0.2, 0) is 11.3 Å². The summed E-state index contributed by atoms with van der Waals surface area (Å²) in [4.78, 5) is 16.1. The number of ether oxygens (including phenoxy) is 1. The van der Waals surface area contributed by atoms with E-state index in [-0.39, 0.29) is 24.2 Å². The maximum atomic E-state index is 12.2. The molecular formula is C17H23N5O2. The number of amides is 2. The number of carbonyl (C=O) groups excluding carboxylic acids is 1. The van der Waals surface area contributed by atoms with Crippen LogP contribution in [0.15, 0.2) is 43.0 Å². The molecule has 7 heteroatoms. The van der Waals surface area contributed by atoms with Crippen LogP contribution < -0.4 is 10.6 Å². The third-order valence-electron chi connectivity index (χ3n) is 4.10. The first-order chi connectivity index (χ1) is 11.7. The van der Waals surface area contributed by atoms with Crippen LogP contribution >= 0.6 is 0 Å². The fourth-order valence-electron chi connectivity index (χ4n) is 2.93. The first-order valence-electron chi connectivity index (χ1n) is 8.26. The molecule has 0 unspecified atom stereocenters. The van der Waals surface area contributed by atoms with Gasteiger partial charge in [0.05, 0.1) is 12.6 Å². The lowest BCUT2D eigenvalue weighted by atomic mass is 9.97. The number of urea groups is 1. The predicted molar refractivity (Wildman–Crippen MR) is 89.3 cm³/mol. The van der Waals surface area contributed by atoms with Crippen molar-refractivity contribution in [2.75, 3.05) is 6.61 Å². The monoisotopic (exact) mass is 329 g/mol. The van der Waals surface area contributed by atoms with Crippen LogP contribution in [0.5, 0.6) is 0 Å². The lowest BCUT2D eigenvalue weighted by molar-refractivity contribution is 0.00221. The Morgan fingerprint density at radius 1 is 1.42 bits per heavy atom. The molecule has 2 amide bonds. The number of aromatic nitrogens is 3. The lowest BCUT2D eigenvalue weighted by Gasteiger charge is -2.30. The highest BCUT2D eigenvalue weighted by Crippen LogP contribution is 2.27. The van der Waals surface area contributed by atoms with E-state index in [1.165, 1.54) is 6.33 Å². The average Bonchev–Trinajstić information content (AvgIpc) is 3.08. The normalized spacial score (nSPS) is 21.9. The molecule has 2 heterocycles. The van der Waals surface area contributed by atoms with Gasteiger partial charge in [-0.25, -0.2) is 9.78 Å². The van der Waals surface area contributed by atoms with Crippen molar-refractivity contribution >= 4 is 6.03 Å². The highest BCUT2D eigenvalue weighted by molar-refractivity contribution is 5.74. The molecule has 1 aliphatic rings. The van der Waals surface area contributed by atoms with Crippen LogP contribution in [0.1, 0.15) is 31.4 Å². The molecule has 0 radical (unpaired) electrons. The van der Waals surface area contributed by atoms with Gasteiger partial charge in [-0.15, -0.1) is 0 Å². The molecule has 2 aromatic rings. The Morgan fingerprint density at radius 2 is 2.25 bits per heavy atom. The first-order valence-corrected chi connectivity index (χ1v) is 8.26. The van der Waals surface area contributed by atoms with Gasteiger partial charge in [0.1, 0.15) is 12.7 Å². The summed E-state index contributed by atoms with van der Waals surface area (Å²) >= 11 is 0. The van der Waals surface area contributed by atoms with Gasteiger partial charge >= 0.3 is 6.03 Å². The van der Waals surface area contributed by atoms with Crippen molar-refractivity contribution in [2.45, 2.75) is 44.5 Å². The summed E-state index contributed by atoms with van der Waals surface area (Å²) < 4.78 is 7.54. The Balaban J connectivity index is 1.47. The van der Waals surface area contributed by atoms with E-state index in [4.69, 9.17) is 4.74 Å². The van der Waals surface area contributed by atoms with Crippen molar-refractivity contribution < 1.29 is 9.53 Å². The minimum absolute atomic E-state index is 0.0311. The van der Waals surface area contributed by atoms with E-state index in [9.17, 15) is 4.79 Å². The zero-order chi connectivity index (χ0) is 16.8. The van der Waals surface area contributed by atoms with Crippen LogP contribution in [0, 0.1) is 0 Å². The number of rotatable bonds is 5. The summed E-state index contributed by atoms with van der Waals surface area (Å²) in [6.07, 6.45) is 4.78. The summed E-state index contributed by atoms with van der Waals surface area (Å²) in [6, 6.07) is 10.1. The summed E-state index contributed by atoms with van der Waals surface area (Å²) in [7, 11) is 0. The zero-order valence-corrected chi connectivity index (χ0v) is 13.8. The topological polar surface area (TPSA) is 81.1 Å². The van der Waals surface area contributed by atoms with E-state index >= 15 is 0 Å². The molecule has 3 atom stereocenters. The van der Waals surface area contributed by atoms with Crippen LogP contribution in [0.4, 0.5) is 4.79 Å². The molecule has 0 bridgehead atoms. The quantitative estimate of drug-likeness (QED) is 0.878. The number of nitrogens with zero attached hydrogens (tertiary/aromatic N) is 3. The van der Waals surface area contributed by atoms with Gasteiger partial charge in [-0.05, 0) is 25.3 Å². The molecule has 1 aromatic carbocycles. The maximum absolute atomic E-state index is 12.2. The molecule has 0 aliphatic carbocycles. The minimum Gasteiger partial charge on any atom is -0.373 e. The van der Waals surface area contributed by atoms with Gasteiger partial charge in [0.2, 0.25) is 0 Å². The Kier molecular flexibility index (Phi) is 5.43. The molecule has 128 valence electrons. The third-order valence-corrected chi connectivity index (χ3v) is 4.10. The minimum atomic E-state index is -0.152. The van der Waals surface area contributed by atoms with E-state index in [0.717, 1.165) is 18.4 Å². The molecule has 3 rings (SSSR count). The molecule has 0 spiro atoms. The van der Waals surface area contributed by atoms with Gasteiger partial charge in [0.25, 0.3) is 0 Å². The molecular weight excluding hydrogens is 306 g/mol. The van der Waals surface area contributed by atoms with Crippen LogP contribution in [0.3, 0.4) is 0 Å². The zero-order valence-electron chi connectivity index (χ0n) is 13.8. The first kappa shape index (κ1) is 16.4. The molecule has 1 aromatic heterocycles. The lowest BCUT2D eigenvalue weighted by Crippen LogP contribution is -2.48. The predicted octanol–water partition coefficient (Wildman–Crippen LogP) is 1.89. The van der Waals surface area contributed by atoms with E-state index in [0.29, 0.717) is 13.2 Å². The molecule has 1 aliphatic heterocycles. The van der Waals surface area contributed by atoms with Crippen molar-refractivity contribution in [3.8, 4) is 0 Å². The van der Waals surface area contributed by atoms with Gasteiger partial charge in [-0.1, -0.05) is 30.3 Å². The number of nitrogens with one attached hydrogen (secondary N) is 2. The van der Waals surface area contributed by atoms with Crippen LogP contribution in [-0.4, -0.2) is 39.5 Å². The van der Waals surface area contributed by atoms with Crippen molar-refractivity contribution in [3.63, 3.8) is 0 Å². The summed E-state index contributed by atoms with van der Waals surface area (Å²) in [5.74, 6) is 0. The van der Waals surface area contributed by atoms with E-state index in [2.05, 4.69) is 32.8 Å². The molecule has 24 heavy (non-hydrogen) atoms. The highest BCUT2D eigenvalue weighted by atomic mass is 16.5. The second-order valence-electron chi connectivity index (χ2n) is 6.13. The maximum Gasteiger partial charge on any atom is 0.315 e. The third kappa shape index (κ3) is 4.55. The van der Waals surface area contributed by atoms with Crippen molar-refractivity contribution in [1.82, 2.24) is 25.4 Å². The number of carbonyl (C=O) groups is 1. The SMILES string of the molecule is C[C@H](Cn1cncn1)NC(=O)N[C@H]1CCO[C@H](c2ccccc2)C1. The van der Waals surface area contributed by atoms with Gasteiger partial charge in [0, 0.05) is 18.7 Å². The second kappa shape index (κ2) is 7.92. The summed E-state index contributed by atoms with van der Waals surface area (Å²) in [6.45, 7) is 3.19.